The zero-order valence-corrected chi connectivity index (χ0v) is 5.28. The first-order chi connectivity index (χ1) is 3.41. The third-order valence-corrected chi connectivity index (χ3v) is 0.930. The van der Waals surface area contributed by atoms with Gasteiger partial charge in [0.25, 0.3) is 0 Å². The summed E-state index contributed by atoms with van der Waals surface area (Å²) >= 11 is 0. The molecule has 4 heteroatoms. The van der Waals surface area contributed by atoms with Crippen LogP contribution in [0.3, 0.4) is 0 Å². The van der Waals surface area contributed by atoms with E-state index in [-0.39, 0.29) is 46.4 Å². The van der Waals surface area contributed by atoms with Gasteiger partial charge in [0.2, 0.25) is 0 Å². The van der Waals surface area contributed by atoms with E-state index in [1.807, 2.05) is 0 Å². The second-order valence-corrected chi connectivity index (χ2v) is 1.67. The van der Waals surface area contributed by atoms with Gasteiger partial charge in [-0.3, -0.25) is 4.52 Å². The molecule has 0 aromatic carbocycles. The van der Waals surface area contributed by atoms with Gasteiger partial charge in [-0.2, -0.15) is 0 Å². The van der Waals surface area contributed by atoms with Gasteiger partial charge in [-0.25, -0.2) is 4.57 Å². The van der Waals surface area contributed by atoms with Crippen molar-refractivity contribution in [2.75, 3.05) is 6.61 Å². The zero-order chi connectivity index (χ0) is 5.54. The van der Waals surface area contributed by atoms with Crippen LogP contribution in [0.25, 0.3) is 0 Å². The molecule has 0 amide bonds. The summed E-state index contributed by atoms with van der Waals surface area (Å²) in [5, 5.41) is 0. The minimum absolute atomic E-state index is 0. The molecule has 0 saturated heterocycles. The van der Waals surface area contributed by atoms with Crippen molar-refractivity contribution in [3.05, 3.63) is 0 Å². The first kappa shape index (κ1) is 12.0. The molecule has 0 heterocycles. The number of rotatable bonds is 4. The Bertz CT molecular complexity index is 51.3. The van der Waals surface area contributed by atoms with Crippen molar-refractivity contribution in [2.24, 2.45) is 0 Å². The summed E-state index contributed by atoms with van der Waals surface area (Å²) in [4.78, 5) is 0. The van der Waals surface area contributed by atoms with Crippen molar-refractivity contribution in [2.45, 2.75) is 19.8 Å². The van der Waals surface area contributed by atoms with Gasteiger partial charge in [0.15, 0.2) is 0 Å². The van der Waals surface area contributed by atoms with E-state index in [0.717, 1.165) is 12.8 Å². The fourth-order valence-corrected chi connectivity index (χ4v) is 0.450. The maximum atomic E-state index is 9.55. The van der Waals surface area contributed by atoms with Crippen molar-refractivity contribution < 1.29 is 9.09 Å². The Hall–Kier alpha value is 1.32. The van der Waals surface area contributed by atoms with Gasteiger partial charge in [0, 0.05) is 0 Å². The molecule has 0 aromatic rings. The van der Waals surface area contributed by atoms with Crippen LogP contribution in [-0.2, 0) is 9.09 Å². The average Bonchev–Trinajstić information content (AvgIpc) is 1.69. The molecule has 46 valence electrons. The van der Waals surface area contributed by atoms with Crippen molar-refractivity contribution in [1.29, 1.82) is 0 Å². The van der Waals surface area contributed by atoms with Gasteiger partial charge >= 0.3 is 46.4 Å². The average molecular weight is 162 g/mol. The van der Waals surface area contributed by atoms with Crippen LogP contribution in [-0.4, -0.2) is 44.3 Å². The molecule has 0 fully saturated rings. The van der Waals surface area contributed by atoms with Crippen molar-refractivity contribution in [1.82, 2.24) is 0 Å². The second kappa shape index (κ2) is 11.2. The van der Waals surface area contributed by atoms with E-state index >= 15 is 0 Å². The first-order valence-corrected chi connectivity index (χ1v) is 3.09. The number of hydrogen-bond acceptors (Lipinski definition) is 2. The molecule has 0 aliphatic heterocycles. The zero-order valence-electron chi connectivity index (χ0n) is 4.39. The molecule has 0 saturated carbocycles. The number of unbranched alkanes of at least 4 members (excludes halogenated alkanes) is 1. The summed E-state index contributed by atoms with van der Waals surface area (Å²) < 4.78 is 14.0. The van der Waals surface area contributed by atoms with Gasteiger partial charge < -0.3 is 0 Å². The van der Waals surface area contributed by atoms with Crippen LogP contribution in [0.1, 0.15) is 19.8 Å². The van der Waals surface area contributed by atoms with Crippen LogP contribution in [0.4, 0.5) is 0 Å². The van der Waals surface area contributed by atoms with E-state index in [1.165, 1.54) is 0 Å². The fourth-order valence-electron chi connectivity index (χ4n) is 0.246. The molecule has 0 aromatic heterocycles. The van der Waals surface area contributed by atoms with E-state index in [0.29, 0.717) is 6.61 Å². The van der Waals surface area contributed by atoms with Crippen LogP contribution in [0.5, 0.6) is 0 Å². The van der Waals surface area contributed by atoms with Crippen molar-refractivity contribution in [3.63, 3.8) is 0 Å². The van der Waals surface area contributed by atoms with Gasteiger partial charge in [-0.05, 0) is 6.42 Å². The molecule has 0 bridgehead atoms. The van der Waals surface area contributed by atoms with Crippen LogP contribution in [0, 0.1) is 0 Å². The Balaban J connectivity index is 0. The molecule has 0 N–H and O–H groups in total. The summed E-state index contributed by atoms with van der Waals surface area (Å²) in [5.41, 5.74) is 0. The van der Waals surface area contributed by atoms with Gasteiger partial charge in [0.05, 0.1) is 6.61 Å². The summed E-state index contributed by atoms with van der Waals surface area (Å²) in [5.74, 6) is 0. The van der Waals surface area contributed by atoms with E-state index < -0.39 is 0 Å². The molecule has 0 rings (SSSR count). The Morgan fingerprint density at radius 3 is 2.62 bits per heavy atom. The molecule has 8 heavy (non-hydrogen) atoms. The third kappa shape index (κ3) is 10.3. The molecular weight excluding hydrogens is 151 g/mol. The summed E-state index contributed by atoms with van der Waals surface area (Å²) in [6, 6.07) is 0. The van der Waals surface area contributed by atoms with E-state index in [2.05, 4.69) is 11.4 Å². The Labute approximate surface area is 81.3 Å². The van der Waals surface area contributed by atoms with Crippen molar-refractivity contribution >= 4 is 46.4 Å². The third-order valence-electron chi connectivity index (χ3n) is 0.642. The van der Waals surface area contributed by atoms with Crippen LogP contribution in [0.2, 0.25) is 0 Å². The van der Waals surface area contributed by atoms with Crippen LogP contribution < -0.4 is 0 Å². The normalized spacial score (nSPS) is 8.62. The molecule has 2 nitrogen and oxygen atoms in total. The molecule has 0 radical (unpaired) electrons. The molecule has 0 spiro atoms. The predicted octanol–water partition coefficient (Wildman–Crippen LogP) is 1.09. The first-order valence-electron chi connectivity index (χ1n) is 2.36. The monoisotopic (exact) mass is 162 g/mol. The van der Waals surface area contributed by atoms with E-state index in [4.69, 9.17) is 0 Å². The second-order valence-electron chi connectivity index (χ2n) is 1.26. The quantitative estimate of drug-likeness (QED) is 0.351. The van der Waals surface area contributed by atoms with Gasteiger partial charge in [-0.15, -0.1) is 0 Å². The van der Waals surface area contributed by atoms with Crippen LogP contribution >= 0.6 is 8.69 Å². The maximum absolute atomic E-state index is 9.55. The Kier molecular flexibility index (Phi) is 16.8. The molecule has 0 aliphatic carbocycles. The topological polar surface area (TPSA) is 26.3 Å². The number of hydrogen-bond donors (Lipinski definition) is 0. The van der Waals surface area contributed by atoms with E-state index in [9.17, 15) is 4.57 Å². The SMILES string of the molecule is CCCCOP=O.[CaH2]. The Morgan fingerprint density at radius 2 is 2.25 bits per heavy atom. The Morgan fingerprint density at radius 1 is 1.62 bits per heavy atom. The fraction of sp³-hybridized carbons (Fsp3) is 1.00. The summed E-state index contributed by atoms with van der Waals surface area (Å²) in [6.07, 6.45) is 2.09. The standard InChI is InChI=1S/C4H9O2P.Ca.2H/c1-2-3-4-6-7-5;;;/h2-4H2,1H3;;;. The van der Waals surface area contributed by atoms with Crippen molar-refractivity contribution in [3.8, 4) is 0 Å². The molecule has 0 unspecified atom stereocenters. The van der Waals surface area contributed by atoms with Crippen LogP contribution in [0.15, 0.2) is 0 Å². The molecule has 0 atom stereocenters. The predicted molar refractivity (Wildman–Crippen MR) is 37.0 cm³/mol. The molecule has 0 aliphatic rings. The minimum atomic E-state index is -0.195. The van der Waals surface area contributed by atoms with Gasteiger partial charge in [-0.1, -0.05) is 13.3 Å². The molecular formula is C4H11CaO2P. The van der Waals surface area contributed by atoms with E-state index in [1.54, 1.807) is 0 Å². The summed E-state index contributed by atoms with van der Waals surface area (Å²) in [7, 11) is -0.195. The summed E-state index contributed by atoms with van der Waals surface area (Å²) in [6.45, 7) is 2.67. The van der Waals surface area contributed by atoms with Gasteiger partial charge in [0.1, 0.15) is 0 Å².